The molecule has 2 rings (SSSR count). The largest absolute Gasteiger partial charge is 0.525 e. The molecule has 0 atom stereocenters. The molecule has 1 aromatic rings. The number of hydrogen-bond donors (Lipinski definition) is 1. The van der Waals surface area contributed by atoms with E-state index in [9.17, 15) is 4.39 Å². The van der Waals surface area contributed by atoms with Gasteiger partial charge in [-0.1, -0.05) is 11.8 Å². The predicted molar refractivity (Wildman–Crippen MR) is 85.4 cm³/mol. The Labute approximate surface area is 129 Å². The molecule has 0 spiro atoms. The number of hydrogen-bond acceptors (Lipinski definition) is 4. The minimum Gasteiger partial charge on any atom is -0.398 e. The molecule has 2 heterocycles. The average Bonchev–Trinajstić information content (AvgIpc) is 2.90. The van der Waals surface area contributed by atoms with Crippen molar-refractivity contribution in [2.24, 2.45) is 5.73 Å². The van der Waals surface area contributed by atoms with Gasteiger partial charge in [0, 0.05) is 15.8 Å². The molecular weight excluding hydrogens is 288 g/mol. The van der Waals surface area contributed by atoms with Gasteiger partial charge in [-0.3, -0.25) is 0 Å². The molecular formula is C15H19BFNO2S. The zero-order valence-corrected chi connectivity index (χ0v) is 13.5. The third-order valence-corrected chi connectivity index (χ3v) is 4.59. The molecule has 0 aliphatic carbocycles. The standard InChI is InChI=1S/C15H19BFNO2S/c1-14(2)15(3,4)20-16(19-14)13(17)9-12-8-11(10-21-12)6-5-7-18/h8-10H,7,18H2,1-4H3. The second-order valence-electron chi connectivity index (χ2n) is 5.86. The number of nitrogens with two attached hydrogens (primary N) is 1. The van der Waals surface area contributed by atoms with Crippen molar-refractivity contribution in [3.8, 4) is 11.8 Å². The van der Waals surface area contributed by atoms with Crippen LogP contribution in [0.5, 0.6) is 0 Å². The molecule has 3 nitrogen and oxygen atoms in total. The van der Waals surface area contributed by atoms with Crippen molar-refractivity contribution in [2.45, 2.75) is 38.9 Å². The Morgan fingerprint density at radius 1 is 1.38 bits per heavy atom. The van der Waals surface area contributed by atoms with E-state index < -0.39 is 24.0 Å². The summed E-state index contributed by atoms with van der Waals surface area (Å²) in [5.41, 5.74) is 4.63. The first-order chi connectivity index (χ1) is 9.75. The molecule has 1 saturated heterocycles. The van der Waals surface area contributed by atoms with Crippen LogP contribution in [0.15, 0.2) is 17.2 Å². The Bertz CT molecular complexity index is 597. The summed E-state index contributed by atoms with van der Waals surface area (Å²) in [6.45, 7) is 7.89. The number of rotatable bonds is 2. The van der Waals surface area contributed by atoms with Gasteiger partial charge in [0.05, 0.1) is 17.7 Å². The van der Waals surface area contributed by atoms with E-state index in [2.05, 4.69) is 11.8 Å². The van der Waals surface area contributed by atoms with Crippen molar-refractivity contribution in [1.82, 2.24) is 0 Å². The molecule has 0 unspecified atom stereocenters. The van der Waals surface area contributed by atoms with Crippen LogP contribution in [-0.2, 0) is 9.31 Å². The van der Waals surface area contributed by atoms with E-state index in [0.29, 0.717) is 6.54 Å². The summed E-state index contributed by atoms with van der Waals surface area (Å²) in [5.74, 6) is 5.68. The smallest absolute Gasteiger partial charge is 0.398 e. The summed E-state index contributed by atoms with van der Waals surface area (Å²) >= 11 is 1.42. The van der Waals surface area contributed by atoms with Gasteiger partial charge >= 0.3 is 7.12 Å². The molecule has 21 heavy (non-hydrogen) atoms. The van der Waals surface area contributed by atoms with Crippen LogP contribution < -0.4 is 5.73 Å². The summed E-state index contributed by atoms with van der Waals surface area (Å²) < 4.78 is 25.6. The zero-order chi connectivity index (χ0) is 15.7. The van der Waals surface area contributed by atoms with Crippen LogP contribution in [0.1, 0.15) is 38.1 Å². The topological polar surface area (TPSA) is 44.5 Å². The minimum atomic E-state index is -0.962. The van der Waals surface area contributed by atoms with E-state index >= 15 is 0 Å². The summed E-state index contributed by atoms with van der Waals surface area (Å²) in [6, 6.07) is 1.82. The van der Waals surface area contributed by atoms with Crippen LogP contribution in [0.4, 0.5) is 4.39 Å². The Hall–Kier alpha value is -1.13. The highest BCUT2D eigenvalue weighted by molar-refractivity contribution is 7.11. The van der Waals surface area contributed by atoms with Crippen LogP contribution in [-0.4, -0.2) is 24.9 Å². The second kappa shape index (κ2) is 5.94. The molecule has 0 radical (unpaired) electrons. The molecule has 0 aromatic carbocycles. The first kappa shape index (κ1) is 16.2. The average molecular weight is 307 g/mol. The molecule has 112 valence electrons. The highest BCUT2D eigenvalue weighted by Gasteiger charge is 2.53. The van der Waals surface area contributed by atoms with Gasteiger partial charge in [-0.2, -0.15) is 0 Å². The van der Waals surface area contributed by atoms with Crippen molar-refractivity contribution in [1.29, 1.82) is 0 Å². The lowest BCUT2D eigenvalue weighted by Crippen LogP contribution is -2.41. The van der Waals surface area contributed by atoms with Gasteiger partial charge in [0.2, 0.25) is 0 Å². The monoisotopic (exact) mass is 307 g/mol. The van der Waals surface area contributed by atoms with Gasteiger partial charge in [0.25, 0.3) is 0 Å². The Morgan fingerprint density at radius 2 is 2.00 bits per heavy atom. The molecule has 1 fully saturated rings. The van der Waals surface area contributed by atoms with Crippen LogP contribution in [0.3, 0.4) is 0 Å². The SMILES string of the molecule is CC1(C)OB(C(F)=Cc2cc(C#CCN)cs2)OC1(C)C. The van der Waals surface area contributed by atoms with E-state index in [4.69, 9.17) is 15.0 Å². The number of thiophene rings is 1. The highest BCUT2D eigenvalue weighted by Crippen LogP contribution is 2.39. The molecule has 1 aromatic heterocycles. The fourth-order valence-electron chi connectivity index (χ4n) is 1.81. The highest BCUT2D eigenvalue weighted by atomic mass is 32.1. The van der Waals surface area contributed by atoms with Gasteiger partial charge < -0.3 is 15.0 Å². The zero-order valence-electron chi connectivity index (χ0n) is 12.7. The van der Waals surface area contributed by atoms with Crippen molar-refractivity contribution in [3.05, 3.63) is 27.6 Å². The van der Waals surface area contributed by atoms with Crippen molar-refractivity contribution in [2.75, 3.05) is 6.54 Å². The van der Waals surface area contributed by atoms with Crippen molar-refractivity contribution < 1.29 is 13.7 Å². The lowest BCUT2D eigenvalue weighted by atomic mass is 9.87. The molecule has 0 amide bonds. The van der Waals surface area contributed by atoms with Crippen molar-refractivity contribution >= 4 is 24.5 Å². The summed E-state index contributed by atoms with van der Waals surface area (Å²) in [4.78, 5) is 0.767. The first-order valence-electron chi connectivity index (χ1n) is 6.75. The van der Waals surface area contributed by atoms with Crippen LogP contribution >= 0.6 is 11.3 Å². The Balaban J connectivity index is 2.14. The van der Waals surface area contributed by atoms with Gasteiger partial charge in [-0.25, -0.2) is 4.39 Å². The van der Waals surface area contributed by atoms with Gasteiger partial charge in [-0.15, -0.1) is 11.3 Å². The fourth-order valence-corrected chi connectivity index (χ4v) is 2.57. The fraction of sp³-hybridized carbons (Fsp3) is 0.467. The number of halogens is 1. The van der Waals surface area contributed by atoms with E-state index in [1.165, 1.54) is 17.4 Å². The maximum atomic E-state index is 14.3. The van der Waals surface area contributed by atoms with E-state index in [1.54, 1.807) is 0 Å². The van der Waals surface area contributed by atoms with E-state index in [1.807, 2.05) is 39.1 Å². The normalized spacial score (nSPS) is 20.3. The van der Waals surface area contributed by atoms with Crippen LogP contribution in [0.2, 0.25) is 0 Å². The summed E-state index contributed by atoms with van der Waals surface area (Å²) in [5, 5.41) is 1.87. The Kier molecular flexibility index (Phi) is 4.59. The third kappa shape index (κ3) is 3.56. The van der Waals surface area contributed by atoms with Gasteiger partial charge in [-0.05, 0) is 39.8 Å². The maximum absolute atomic E-state index is 14.3. The molecule has 0 saturated carbocycles. The molecule has 0 bridgehead atoms. The molecule has 1 aliphatic rings. The predicted octanol–water partition coefficient (Wildman–Crippen LogP) is 3.00. The van der Waals surface area contributed by atoms with E-state index in [0.717, 1.165) is 10.4 Å². The van der Waals surface area contributed by atoms with Crippen LogP contribution in [0.25, 0.3) is 6.08 Å². The van der Waals surface area contributed by atoms with Crippen molar-refractivity contribution in [3.63, 3.8) is 0 Å². The van der Waals surface area contributed by atoms with E-state index in [-0.39, 0.29) is 0 Å². The lowest BCUT2D eigenvalue weighted by molar-refractivity contribution is 0.00578. The second-order valence-corrected chi connectivity index (χ2v) is 6.80. The summed E-state index contributed by atoms with van der Waals surface area (Å²) in [7, 11) is -0.962. The van der Waals surface area contributed by atoms with Gasteiger partial charge in [0.15, 0.2) is 0 Å². The quantitative estimate of drug-likeness (QED) is 0.675. The molecule has 2 N–H and O–H groups in total. The minimum absolute atomic E-state index is 0.309. The lowest BCUT2D eigenvalue weighted by Gasteiger charge is -2.32. The summed E-state index contributed by atoms with van der Waals surface area (Å²) in [6.07, 6.45) is 1.43. The van der Waals surface area contributed by atoms with Gasteiger partial charge in [0.1, 0.15) is 5.73 Å². The maximum Gasteiger partial charge on any atom is 0.525 e. The Morgan fingerprint density at radius 3 is 2.57 bits per heavy atom. The first-order valence-corrected chi connectivity index (χ1v) is 7.63. The van der Waals surface area contributed by atoms with Crippen LogP contribution in [0, 0.1) is 11.8 Å². The molecule has 1 aliphatic heterocycles. The third-order valence-electron chi connectivity index (χ3n) is 3.71. The molecule has 6 heteroatoms.